The van der Waals surface area contributed by atoms with E-state index < -0.39 is 0 Å². The van der Waals surface area contributed by atoms with Crippen LogP contribution in [0.3, 0.4) is 0 Å². The van der Waals surface area contributed by atoms with Crippen molar-refractivity contribution in [2.24, 2.45) is 10.7 Å². The van der Waals surface area contributed by atoms with Crippen molar-refractivity contribution in [3.63, 3.8) is 0 Å². The van der Waals surface area contributed by atoms with Gasteiger partial charge in [-0.1, -0.05) is 74.6 Å². The number of nitrogens with two attached hydrogens (primary N) is 1. The average Bonchev–Trinajstić information content (AvgIpc) is 3.25. The van der Waals surface area contributed by atoms with Crippen LogP contribution >= 0.6 is 11.3 Å². The minimum absolute atomic E-state index is 0.170. The van der Waals surface area contributed by atoms with Gasteiger partial charge in [-0.15, -0.1) is 10.2 Å². The zero-order valence-corrected chi connectivity index (χ0v) is 19.9. The number of nitrogens with one attached hydrogen (secondary N) is 2. The quantitative estimate of drug-likeness (QED) is 0.258. The van der Waals surface area contributed by atoms with E-state index in [1.54, 1.807) is 6.07 Å². The van der Waals surface area contributed by atoms with Crippen molar-refractivity contribution in [1.82, 2.24) is 15.2 Å². The Bertz CT molecular complexity index is 1350. The molecule has 0 fully saturated rings. The topological polar surface area (TPSA) is 125 Å². The fourth-order valence-electron chi connectivity index (χ4n) is 3.21. The molecule has 170 valence electrons. The third kappa shape index (κ3) is 5.36. The second-order valence-corrected chi connectivity index (χ2v) is 9.49. The van der Waals surface area contributed by atoms with Crippen molar-refractivity contribution < 1.29 is 0 Å². The van der Waals surface area contributed by atoms with Crippen molar-refractivity contribution in [3.8, 4) is 17.3 Å². The molecule has 2 aromatic carbocycles. The fourth-order valence-corrected chi connectivity index (χ4v) is 4.20. The van der Waals surface area contributed by atoms with E-state index >= 15 is 0 Å². The Hall–Kier alpha value is -4.29. The summed E-state index contributed by atoms with van der Waals surface area (Å²) in [7, 11) is 0. The molecule has 4 N–H and O–H groups in total. The maximum absolute atomic E-state index is 9.49. The number of aliphatic imine (C=N–C) groups is 1. The van der Waals surface area contributed by atoms with Gasteiger partial charge in [0.15, 0.2) is 16.9 Å². The number of para-hydroxylation sites is 2. The second-order valence-electron chi connectivity index (χ2n) is 8.49. The molecule has 0 radical (unpaired) electrons. The largest absolute Gasteiger partial charge is 0.369 e. The van der Waals surface area contributed by atoms with Crippen LogP contribution in [0.15, 0.2) is 71.7 Å². The number of nitriles is 1. The summed E-state index contributed by atoms with van der Waals surface area (Å²) in [6.45, 7) is 6.11. The highest BCUT2D eigenvalue weighted by molar-refractivity contribution is 7.16. The standard InChI is InChI=1S/C25H24N8S/c1-25(2,3)22-20(15-26)34-24(31-22)29-19-12-8-7-11-18(19)28-23(27)30-21-14-13-17(32-33-21)16-9-5-4-6-10-16/h4-14H,1-3H3,(H,29,31)(H3,27,28,30,33). The molecule has 0 spiro atoms. The summed E-state index contributed by atoms with van der Waals surface area (Å²) in [6, 6.07) is 23.2. The molecule has 0 bridgehead atoms. The molecule has 9 heteroatoms. The first kappa shape index (κ1) is 22.9. The van der Waals surface area contributed by atoms with Gasteiger partial charge in [-0.2, -0.15) is 10.3 Å². The molecular weight excluding hydrogens is 444 g/mol. The lowest BCUT2D eigenvalue weighted by Gasteiger charge is -2.15. The van der Waals surface area contributed by atoms with Crippen molar-refractivity contribution >= 4 is 39.6 Å². The van der Waals surface area contributed by atoms with E-state index in [9.17, 15) is 5.26 Å². The van der Waals surface area contributed by atoms with Crippen molar-refractivity contribution in [3.05, 3.63) is 77.3 Å². The molecule has 0 atom stereocenters. The molecular formula is C25H24N8S. The number of aromatic nitrogens is 3. The first-order valence-corrected chi connectivity index (χ1v) is 11.4. The summed E-state index contributed by atoms with van der Waals surface area (Å²) in [5, 5.41) is 24.9. The van der Waals surface area contributed by atoms with E-state index in [0.29, 0.717) is 21.5 Å². The van der Waals surface area contributed by atoms with Gasteiger partial charge in [-0.05, 0) is 24.3 Å². The first-order chi connectivity index (χ1) is 16.3. The molecule has 0 saturated carbocycles. The molecule has 34 heavy (non-hydrogen) atoms. The number of hydrogen-bond acceptors (Lipinski definition) is 7. The molecule has 0 unspecified atom stereocenters. The highest BCUT2D eigenvalue weighted by atomic mass is 32.1. The minimum Gasteiger partial charge on any atom is -0.369 e. The summed E-state index contributed by atoms with van der Waals surface area (Å²) in [5.74, 6) is 0.562. The van der Waals surface area contributed by atoms with Gasteiger partial charge < -0.3 is 16.4 Å². The van der Waals surface area contributed by atoms with Crippen LogP contribution < -0.4 is 16.4 Å². The maximum atomic E-state index is 9.49. The van der Waals surface area contributed by atoms with Crippen molar-refractivity contribution in [1.29, 1.82) is 5.26 Å². The smallest absolute Gasteiger partial charge is 0.199 e. The lowest BCUT2D eigenvalue weighted by molar-refractivity contribution is 0.572. The Morgan fingerprint density at radius 3 is 2.29 bits per heavy atom. The predicted molar refractivity (Wildman–Crippen MR) is 138 cm³/mol. The average molecular weight is 469 g/mol. The van der Waals surface area contributed by atoms with E-state index in [-0.39, 0.29) is 11.4 Å². The summed E-state index contributed by atoms with van der Waals surface area (Å²) in [6.07, 6.45) is 0. The maximum Gasteiger partial charge on any atom is 0.199 e. The number of hydrogen-bond donors (Lipinski definition) is 3. The lowest BCUT2D eigenvalue weighted by Crippen LogP contribution is -2.22. The summed E-state index contributed by atoms with van der Waals surface area (Å²) < 4.78 is 0. The van der Waals surface area contributed by atoms with Crippen LogP contribution in [-0.4, -0.2) is 21.1 Å². The van der Waals surface area contributed by atoms with Gasteiger partial charge in [0.25, 0.3) is 0 Å². The summed E-state index contributed by atoms with van der Waals surface area (Å²) >= 11 is 1.32. The monoisotopic (exact) mass is 468 g/mol. The third-order valence-corrected chi connectivity index (χ3v) is 5.70. The number of anilines is 3. The number of guanidine groups is 1. The van der Waals surface area contributed by atoms with Gasteiger partial charge in [0.2, 0.25) is 0 Å². The molecule has 0 aliphatic carbocycles. The van der Waals surface area contributed by atoms with E-state index in [0.717, 1.165) is 22.6 Å². The number of thiazole rings is 1. The summed E-state index contributed by atoms with van der Waals surface area (Å²) in [5.41, 5.74) is 9.89. The molecule has 4 aromatic rings. The molecule has 0 aliphatic heterocycles. The lowest BCUT2D eigenvalue weighted by atomic mass is 9.91. The SMILES string of the molecule is CC(C)(C)c1nc(Nc2ccccc2NC(N)=Nc2ccc(-c3ccccc3)nn2)sc1C#N. The third-order valence-electron chi connectivity index (χ3n) is 4.83. The zero-order chi connectivity index (χ0) is 24.1. The molecule has 0 aliphatic rings. The number of nitrogens with zero attached hydrogens (tertiary/aromatic N) is 5. The van der Waals surface area contributed by atoms with Crippen LogP contribution in [0.4, 0.5) is 22.3 Å². The highest BCUT2D eigenvalue weighted by Crippen LogP contribution is 2.34. The van der Waals surface area contributed by atoms with E-state index in [1.807, 2.05) is 81.4 Å². The van der Waals surface area contributed by atoms with Crippen LogP contribution in [0, 0.1) is 11.3 Å². The van der Waals surface area contributed by atoms with Gasteiger partial charge >= 0.3 is 0 Å². The first-order valence-electron chi connectivity index (χ1n) is 10.6. The van der Waals surface area contributed by atoms with Crippen LogP contribution in [0.2, 0.25) is 0 Å². The minimum atomic E-state index is -0.229. The molecule has 0 saturated heterocycles. The molecule has 4 rings (SSSR count). The number of rotatable bonds is 5. The van der Waals surface area contributed by atoms with Gasteiger partial charge in [0.05, 0.1) is 22.8 Å². The van der Waals surface area contributed by atoms with Crippen LogP contribution in [0.5, 0.6) is 0 Å². The van der Waals surface area contributed by atoms with Crippen LogP contribution in [0.25, 0.3) is 11.3 Å². The van der Waals surface area contributed by atoms with Crippen LogP contribution in [0.1, 0.15) is 31.3 Å². The Balaban J connectivity index is 1.52. The van der Waals surface area contributed by atoms with Crippen molar-refractivity contribution in [2.45, 2.75) is 26.2 Å². The molecule has 0 amide bonds. The molecule has 8 nitrogen and oxygen atoms in total. The predicted octanol–water partition coefficient (Wildman–Crippen LogP) is 5.57. The van der Waals surface area contributed by atoms with Crippen molar-refractivity contribution in [2.75, 3.05) is 10.6 Å². The molecule has 2 aromatic heterocycles. The number of benzene rings is 2. The van der Waals surface area contributed by atoms with Gasteiger partial charge in [-0.3, -0.25) is 0 Å². The van der Waals surface area contributed by atoms with Gasteiger partial charge in [0.1, 0.15) is 10.9 Å². The Labute approximate surface area is 202 Å². The normalized spacial score (nSPS) is 11.6. The Morgan fingerprint density at radius 1 is 0.971 bits per heavy atom. The van der Waals surface area contributed by atoms with E-state index in [1.165, 1.54) is 11.3 Å². The Morgan fingerprint density at radius 2 is 1.68 bits per heavy atom. The van der Waals surface area contributed by atoms with E-state index in [4.69, 9.17) is 5.73 Å². The van der Waals surface area contributed by atoms with Crippen LogP contribution in [-0.2, 0) is 5.41 Å². The zero-order valence-electron chi connectivity index (χ0n) is 19.1. The second kappa shape index (κ2) is 9.68. The summed E-state index contributed by atoms with van der Waals surface area (Å²) in [4.78, 5) is 9.57. The van der Waals surface area contributed by atoms with Gasteiger partial charge in [-0.25, -0.2) is 4.98 Å². The van der Waals surface area contributed by atoms with E-state index in [2.05, 4.69) is 36.9 Å². The van der Waals surface area contributed by atoms with Gasteiger partial charge in [0, 0.05) is 11.0 Å². The Kier molecular flexibility index (Phi) is 6.52. The fraction of sp³-hybridized carbons (Fsp3) is 0.160. The molecule has 2 heterocycles. The highest BCUT2D eigenvalue weighted by Gasteiger charge is 2.23.